The summed E-state index contributed by atoms with van der Waals surface area (Å²) < 4.78 is 10.3. The van der Waals surface area contributed by atoms with Crippen molar-refractivity contribution in [2.75, 3.05) is 22.1 Å². The third kappa shape index (κ3) is 17.4. The number of ether oxygens (including phenoxy) is 2. The Kier molecular flexibility index (Phi) is 19.7. The number of hydrogen-bond donors (Lipinski definition) is 8. The van der Waals surface area contributed by atoms with Crippen LogP contribution >= 0.6 is 0 Å². The fraction of sp³-hybridized carbons (Fsp3) is 0.203. The highest BCUT2D eigenvalue weighted by Gasteiger charge is 2.21. The number of benzene rings is 7. The fourth-order valence-electron chi connectivity index (χ4n) is 7.84. The molecule has 0 bridgehead atoms. The molecule has 3 aliphatic rings. The van der Waals surface area contributed by atoms with Crippen LogP contribution in [0.2, 0.25) is 0 Å². The topological polar surface area (TPSA) is 247 Å². The first-order chi connectivity index (χ1) is 36.1. The minimum atomic E-state index is -1.56. The minimum Gasteiger partial charge on any atom is -0.444 e. The van der Waals surface area contributed by atoms with Crippen LogP contribution in [-0.4, -0.2) is 74.9 Å². The van der Waals surface area contributed by atoms with Crippen molar-refractivity contribution < 1.29 is 39.2 Å². The highest BCUT2D eigenvalue weighted by molar-refractivity contribution is 6.59. The van der Waals surface area contributed by atoms with Gasteiger partial charge in [0.2, 0.25) is 0 Å². The van der Waals surface area contributed by atoms with Gasteiger partial charge in [-0.25, -0.2) is 9.59 Å². The molecule has 15 nitrogen and oxygen atoms in total. The second-order valence-corrected chi connectivity index (χ2v) is 19.7. The first kappa shape index (κ1) is 56.9. The van der Waals surface area contributed by atoms with Crippen LogP contribution < -0.4 is 33.0 Å². The number of amides is 2. The van der Waals surface area contributed by atoms with Gasteiger partial charge in [-0.15, -0.1) is 0 Å². The summed E-state index contributed by atoms with van der Waals surface area (Å²) in [6.45, 7) is 15.2. The molecule has 0 aliphatic carbocycles. The monoisotopic (exact) mass is 1020 g/mol. The van der Waals surface area contributed by atoms with E-state index in [0.717, 1.165) is 46.9 Å². The Bertz CT molecular complexity index is 3220. The number of rotatable bonds is 6. The van der Waals surface area contributed by atoms with Gasteiger partial charge in [-0.3, -0.25) is 25.6 Å². The number of anilines is 4. The fourth-order valence-corrected chi connectivity index (χ4v) is 7.84. The van der Waals surface area contributed by atoms with Crippen molar-refractivity contribution in [3.8, 4) is 0 Å². The van der Waals surface area contributed by atoms with Crippen LogP contribution in [0.25, 0.3) is 0 Å². The molecule has 0 radical (unpaired) electrons. The Labute approximate surface area is 445 Å². The van der Waals surface area contributed by atoms with Crippen molar-refractivity contribution in [1.82, 2.24) is 0 Å². The molecular formula is C59H65B2N7O8. The van der Waals surface area contributed by atoms with Gasteiger partial charge < -0.3 is 41.0 Å². The third-order valence-corrected chi connectivity index (χ3v) is 11.2. The number of carbonyl (C=O) groups is 2. The standard InChI is InChI=1S/C19H20N2O2.C14H12N2.C11H16BNO4.C9H9N.C6H8BNO2/c1-19(2,3)23-18(22)21-15-9-6-8-13(11-15)17-16-10-5-4-7-14(16)12-20-17;15-12-6-3-5-10(8-12)14-13-7-2-1-4-11(13)9-16-14;1-11(2,3)17-10(14)13-9-6-4-5-8(7-9)12(15)16;1-7-9-5-3-2-4-8(9)6-10-7;8-6-3-1-2-5(4-6)7(9)10/h4-11H,12H2,1-3H3,(H,21,22);1-8H,9,15H2;4-7,15-16H,1-3H3,(H,13,14);2-5H,6H2,1H3;1-4,9-10H,8H2. The summed E-state index contributed by atoms with van der Waals surface area (Å²) in [6, 6.07) is 53.2. The van der Waals surface area contributed by atoms with Crippen LogP contribution in [0.3, 0.4) is 0 Å². The highest BCUT2D eigenvalue weighted by Crippen LogP contribution is 2.26. The molecule has 0 saturated heterocycles. The van der Waals surface area contributed by atoms with E-state index in [1.54, 1.807) is 57.2 Å². The lowest BCUT2D eigenvalue weighted by Gasteiger charge is -2.19. The SMILES string of the molecule is CC(C)(C)OC(=O)Nc1cccc(B(O)O)c1.CC(C)(C)OC(=O)Nc1cccc(C2=NCc3ccccc32)c1.CC1=NCc2ccccc21.Nc1cccc(B(O)O)c1.Nc1cccc(C2=NCc3ccccc32)c1. The largest absolute Gasteiger partial charge is 0.488 e. The molecule has 2 amide bonds. The average molecular weight is 1020 g/mol. The van der Waals surface area contributed by atoms with Crippen molar-refractivity contribution in [3.63, 3.8) is 0 Å². The first-order valence-electron chi connectivity index (χ1n) is 24.6. The van der Waals surface area contributed by atoms with Crippen LogP contribution in [-0.2, 0) is 29.1 Å². The van der Waals surface area contributed by atoms with Gasteiger partial charge in [0.25, 0.3) is 0 Å². The van der Waals surface area contributed by atoms with Crippen molar-refractivity contribution in [1.29, 1.82) is 0 Å². The molecular weight excluding hydrogens is 956 g/mol. The van der Waals surface area contributed by atoms with Crippen LogP contribution in [0.15, 0.2) is 185 Å². The average Bonchev–Trinajstić information content (AvgIpc) is 4.12. The second-order valence-electron chi connectivity index (χ2n) is 19.7. The summed E-state index contributed by atoms with van der Waals surface area (Å²) >= 11 is 0. The van der Waals surface area contributed by atoms with Crippen molar-refractivity contribution in [3.05, 3.63) is 214 Å². The van der Waals surface area contributed by atoms with Gasteiger partial charge in [0.15, 0.2) is 0 Å². The van der Waals surface area contributed by atoms with Crippen LogP contribution in [0, 0.1) is 0 Å². The van der Waals surface area contributed by atoms with Crippen LogP contribution in [0.4, 0.5) is 32.3 Å². The molecule has 0 aromatic heterocycles. The van der Waals surface area contributed by atoms with Gasteiger partial charge in [0.1, 0.15) is 11.2 Å². The van der Waals surface area contributed by atoms with E-state index in [-0.39, 0.29) is 0 Å². The molecule has 0 saturated carbocycles. The lowest BCUT2D eigenvalue weighted by molar-refractivity contribution is 0.0624. The Morgan fingerprint density at radius 3 is 1.30 bits per heavy atom. The summed E-state index contributed by atoms with van der Waals surface area (Å²) in [5.41, 5.74) is 26.1. The predicted molar refractivity (Wildman–Crippen MR) is 308 cm³/mol. The van der Waals surface area contributed by atoms with E-state index in [1.807, 2.05) is 81.4 Å². The van der Waals surface area contributed by atoms with Gasteiger partial charge in [-0.1, -0.05) is 121 Å². The summed E-state index contributed by atoms with van der Waals surface area (Å²) in [6.07, 6.45) is -1.04. The van der Waals surface area contributed by atoms with Crippen LogP contribution in [0.1, 0.15) is 93.0 Å². The number of nitrogen functional groups attached to an aromatic ring is 2. The molecule has 3 heterocycles. The number of carbonyl (C=O) groups excluding carboxylic acids is 2. The Hall–Kier alpha value is -8.34. The smallest absolute Gasteiger partial charge is 0.444 e. The van der Waals surface area contributed by atoms with Gasteiger partial charge in [-0.2, -0.15) is 0 Å². The Morgan fingerprint density at radius 2 is 0.855 bits per heavy atom. The minimum absolute atomic E-state index is 0.304. The van der Waals surface area contributed by atoms with Gasteiger partial charge in [-0.05, 0) is 125 Å². The molecule has 7 aromatic carbocycles. The number of fused-ring (bicyclic) bond motifs is 3. The molecule has 0 fully saturated rings. The molecule has 10 rings (SSSR count). The van der Waals surface area contributed by atoms with E-state index in [4.69, 9.17) is 41.0 Å². The van der Waals surface area contributed by atoms with Crippen LogP contribution in [0.5, 0.6) is 0 Å². The zero-order chi connectivity index (χ0) is 55.0. The molecule has 0 atom stereocenters. The highest BCUT2D eigenvalue weighted by atomic mass is 16.6. The van der Waals surface area contributed by atoms with Gasteiger partial charge in [0.05, 0.1) is 31.1 Å². The van der Waals surface area contributed by atoms with Crippen molar-refractivity contribution in [2.45, 2.75) is 79.3 Å². The number of nitrogens with zero attached hydrogens (tertiary/aromatic N) is 3. The lowest BCUT2D eigenvalue weighted by Crippen LogP contribution is -2.31. The molecule has 17 heteroatoms. The Morgan fingerprint density at radius 1 is 0.474 bits per heavy atom. The molecule has 3 aliphatic heterocycles. The quantitative estimate of drug-likeness (QED) is 0.0582. The zero-order valence-electron chi connectivity index (χ0n) is 43.9. The summed E-state index contributed by atoms with van der Waals surface area (Å²) in [5.74, 6) is 0. The lowest BCUT2D eigenvalue weighted by atomic mass is 9.80. The second kappa shape index (κ2) is 26.2. The third-order valence-electron chi connectivity index (χ3n) is 11.2. The maximum absolute atomic E-state index is 11.9. The molecule has 390 valence electrons. The Balaban J connectivity index is 0.000000159. The normalized spacial score (nSPS) is 12.4. The van der Waals surface area contributed by atoms with E-state index in [1.165, 1.54) is 45.7 Å². The van der Waals surface area contributed by atoms with E-state index in [9.17, 15) is 9.59 Å². The molecule has 0 unspecified atom stereocenters. The predicted octanol–water partition coefficient (Wildman–Crippen LogP) is 8.68. The van der Waals surface area contributed by atoms with Gasteiger partial charge in [0, 0.05) is 56.3 Å². The summed E-state index contributed by atoms with van der Waals surface area (Å²) in [4.78, 5) is 36.9. The van der Waals surface area contributed by atoms with Gasteiger partial charge >= 0.3 is 26.4 Å². The maximum atomic E-state index is 11.9. The van der Waals surface area contributed by atoms with E-state index >= 15 is 0 Å². The van der Waals surface area contributed by atoms with Crippen molar-refractivity contribution >= 4 is 77.2 Å². The van der Waals surface area contributed by atoms with E-state index < -0.39 is 37.6 Å². The molecule has 7 aromatic rings. The number of hydrogen-bond acceptors (Lipinski definition) is 13. The number of aliphatic imine (C=N–C) groups is 3. The van der Waals surface area contributed by atoms with E-state index in [2.05, 4.69) is 93.2 Å². The molecule has 10 N–H and O–H groups in total. The molecule has 0 spiro atoms. The maximum Gasteiger partial charge on any atom is 0.488 e. The van der Waals surface area contributed by atoms with E-state index in [0.29, 0.717) is 34.5 Å². The summed E-state index contributed by atoms with van der Waals surface area (Å²) in [5, 5.41) is 40.5. The summed E-state index contributed by atoms with van der Waals surface area (Å²) in [7, 11) is -2.99. The zero-order valence-corrected chi connectivity index (χ0v) is 43.9. The number of nitrogens with two attached hydrogens (primary N) is 2. The number of nitrogens with one attached hydrogen (secondary N) is 2. The first-order valence-corrected chi connectivity index (χ1v) is 24.6. The van der Waals surface area contributed by atoms with Crippen molar-refractivity contribution in [2.24, 2.45) is 15.0 Å². The molecule has 76 heavy (non-hydrogen) atoms.